The summed E-state index contributed by atoms with van der Waals surface area (Å²) in [6.45, 7) is 11.0. The van der Waals surface area contributed by atoms with Crippen molar-refractivity contribution < 1.29 is 69.6 Å². The van der Waals surface area contributed by atoms with Crippen molar-refractivity contribution in [1.82, 2.24) is 0 Å². The molecule has 7 N–H and O–H groups in total. The van der Waals surface area contributed by atoms with Crippen molar-refractivity contribution in [3.8, 4) is 0 Å². The summed E-state index contributed by atoms with van der Waals surface area (Å²) in [6, 6.07) is 0. The second kappa shape index (κ2) is 11.7. The third-order valence-electron chi connectivity index (χ3n) is 12.8. The third kappa shape index (κ3) is 5.11. The second-order valence-corrected chi connectivity index (χ2v) is 15.3. The van der Waals surface area contributed by atoms with Crippen molar-refractivity contribution in [1.29, 1.82) is 0 Å². The van der Waals surface area contributed by atoms with Crippen LogP contribution in [0.25, 0.3) is 0 Å². The van der Waals surface area contributed by atoms with Crippen molar-refractivity contribution in [3.63, 3.8) is 0 Å². The van der Waals surface area contributed by atoms with Gasteiger partial charge in [0.1, 0.15) is 36.6 Å². The normalized spacial score (nSPS) is 54.7. The fourth-order valence-electron chi connectivity index (χ4n) is 10.5. The quantitative estimate of drug-likeness (QED) is 0.0943. The molecule has 45 heavy (non-hydrogen) atoms. The average Bonchev–Trinajstić information content (AvgIpc) is 3.18. The molecule has 256 valence electrons. The summed E-state index contributed by atoms with van der Waals surface area (Å²) in [6.07, 6.45) is -9.87. The minimum absolute atomic E-state index is 0.0115. The molecule has 6 aliphatic rings. The summed E-state index contributed by atoms with van der Waals surface area (Å²) in [4.78, 5) is 22.4. The summed E-state index contributed by atoms with van der Waals surface area (Å²) in [7, 11) is 0. The number of hydrogen-bond donors (Lipinski definition) is 7. The number of esters is 1. The zero-order chi connectivity index (χ0) is 32.7. The number of fused-ring (bicyclic) bond motifs is 3. The topological polar surface area (TPSA) is 214 Å². The molecule has 0 aromatic rings. The number of carbonyl (C=O) groups excluding carboxylic acids is 1. The summed E-state index contributed by atoms with van der Waals surface area (Å²) in [5.41, 5.74) is 0.713. The molecule has 0 amide bonds. The van der Waals surface area contributed by atoms with Crippen LogP contribution < -0.4 is 0 Å². The van der Waals surface area contributed by atoms with E-state index >= 15 is 0 Å². The van der Waals surface area contributed by atoms with Gasteiger partial charge >= 0.3 is 5.97 Å². The molecule has 0 unspecified atom stereocenters. The molecule has 14 nitrogen and oxygen atoms in total. The molecular weight excluding hydrogens is 596 g/mol. The molecule has 2 heterocycles. The molecule has 4 saturated carbocycles. The van der Waals surface area contributed by atoms with Crippen LogP contribution in [0.2, 0.25) is 0 Å². The molecule has 6 rings (SSSR count). The van der Waals surface area contributed by atoms with E-state index < -0.39 is 73.2 Å². The van der Waals surface area contributed by atoms with Crippen LogP contribution in [0.1, 0.15) is 78.6 Å². The Balaban J connectivity index is 1.20. The zero-order valence-electron chi connectivity index (χ0n) is 26.0. The lowest BCUT2D eigenvalue weighted by Crippen LogP contribution is -2.65. The van der Waals surface area contributed by atoms with Gasteiger partial charge in [-0.15, -0.1) is 0 Å². The van der Waals surface area contributed by atoms with Crippen LogP contribution in [0, 0.1) is 33.5 Å². The maximum atomic E-state index is 14.1. The van der Waals surface area contributed by atoms with Gasteiger partial charge in [0, 0.05) is 0 Å². The van der Waals surface area contributed by atoms with Gasteiger partial charge in [0.25, 0.3) is 0 Å². The van der Waals surface area contributed by atoms with Gasteiger partial charge in [-0.1, -0.05) is 32.4 Å². The van der Waals surface area contributed by atoms with Crippen LogP contribution in [0.3, 0.4) is 0 Å². The monoisotopic (exact) mass is 644 g/mol. The van der Waals surface area contributed by atoms with E-state index in [2.05, 4.69) is 30.2 Å². The Hall–Kier alpha value is -1.27. The Morgan fingerprint density at radius 2 is 1.38 bits per heavy atom. The summed E-state index contributed by atoms with van der Waals surface area (Å²) >= 11 is 0. The highest BCUT2D eigenvalue weighted by molar-refractivity contribution is 5.77. The van der Waals surface area contributed by atoms with E-state index in [4.69, 9.17) is 24.2 Å². The molecule has 4 aliphatic carbocycles. The van der Waals surface area contributed by atoms with Crippen molar-refractivity contribution in [2.45, 2.75) is 140 Å². The minimum atomic E-state index is -1.91. The summed E-state index contributed by atoms with van der Waals surface area (Å²) in [5, 5.41) is 70.8. The summed E-state index contributed by atoms with van der Waals surface area (Å²) < 4.78 is 21.9. The first kappa shape index (κ1) is 33.6. The number of aliphatic hydroxyl groups is 5. The Morgan fingerprint density at radius 3 is 2.07 bits per heavy atom. The van der Waals surface area contributed by atoms with Gasteiger partial charge in [-0.2, -0.15) is 0 Å². The smallest absolute Gasteiger partial charge is 0.314 e. The highest BCUT2D eigenvalue weighted by Crippen LogP contribution is 2.74. The highest BCUT2D eigenvalue weighted by Gasteiger charge is 2.67. The lowest BCUT2D eigenvalue weighted by molar-refractivity contribution is -0.454. The van der Waals surface area contributed by atoms with Crippen molar-refractivity contribution in [3.05, 3.63) is 12.2 Å². The molecule has 0 aromatic heterocycles. The van der Waals surface area contributed by atoms with E-state index in [1.54, 1.807) is 0 Å². The van der Waals surface area contributed by atoms with Crippen molar-refractivity contribution >= 4 is 5.97 Å². The van der Waals surface area contributed by atoms with Crippen LogP contribution in [-0.4, -0.2) is 104 Å². The zero-order valence-corrected chi connectivity index (χ0v) is 26.0. The van der Waals surface area contributed by atoms with Crippen LogP contribution >= 0.6 is 0 Å². The van der Waals surface area contributed by atoms with E-state index in [9.17, 15) is 35.6 Å². The predicted octanol–water partition coefficient (Wildman–Crippen LogP) is 1.42. The Morgan fingerprint density at radius 1 is 0.778 bits per heavy atom. The van der Waals surface area contributed by atoms with E-state index in [0.717, 1.165) is 51.4 Å². The number of allylic oxidation sites excluding steroid dienone is 1. The number of carbonyl (C=O) groups is 1. The van der Waals surface area contributed by atoms with Gasteiger partial charge in [-0.3, -0.25) is 4.79 Å². The highest BCUT2D eigenvalue weighted by atomic mass is 17.1. The van der Waals surface area contributed by atoms with Crippen LogP contribution in [0.5, 0.6) is 0 Å². The van der Waals surface area contributed by atoms with Crippen molar-refractivity contribution in [2.75, 3.05) is 0 Å². The number of aliphatic hydroxyl groups excluding tert-OH is 5. The SMILES string of the molecule is C=C1C[C@@]23CC[C@H]4[C@@](C)(CCC[C@@]4(C)C(=O)O[C@@H]4O[C@H](OO)[C@@H](O)[C@H](O[C@H]5O[C@H](OO)[C@@H](O)[C@H](O)[C@H]5O)[C@H]4O)[C@@H]2CC[C@]1(C)C3. The molecule has 2 bridgehead atoms. The number of rotatable bonds is 6. The van der Waals surface area contributed by atoms with Gasteiger partial charge in [0.05, 0.1) is 5.41 Å². The predicted molar refractivity (Wildman–Crippen MR) is 150 cm³/mol. The fraction of sp³-hybridized carbons (Fsp3) is 0.903. The van der Waals surface area contributed by atoms with Crippen LogP contribution in [0.4, 0.5) is 0 Å². The van der Waals surface area contributed by atoms with Gasteiger partial charge in [0.2, 0.25) is 18.9 Å². The maximum Gasteiger partial charge on any atom is 0.314 e. The first-order chi connectivity index (χ1) is 21.1. The van der Waals surface area contributed by atoms with Gasteiger partial charge in [-0.25, -0.2) is 20.3 Å². The van der Waals surface area contributed by atoms with E-state index in [-0.39, 0.29) is 22.2 Å². The molecule has 0 aromatic carbocycles. The average molecular weight is 645 g/mol. The first-order valence-electron chi connectivity index (χ1n) is 16.0. The van der Waals surface area contributed by atoms with Gasteiger partial charge < -0.3 is 44.5 Å². The second-order valence-electron chi connectivity index (χ2n) is 15.3. The molecule has 2 aliphatic heterocycles. The van der Waals surface area contributed by atoms with Gasteiger partial charge in [-0.05, 0) is 86.4 Å². The minimum Gasteiger partial charge on any atom is -0.432 e. The lowest BCUT2D eigenvalue weighted by Gasteiger charge is -2.64. The lowest BCUT2D eigenvalue weighted by atomic mass is 9.40. The fourth-order valence-corrected chi connectivity index (χ4v) is 10.5. The molecular formula is C31H48O14. The largest absolute Gasteiger partial charge is 0.432 e. The van der Waals surface area contributed by atoms with E-state index in [1.165, 1.54) is 5.57 Å². The molecule has 14 heteroatoms. The Bertz CT molecular complexity index is 1150. The molecule has 6 fully saturated rings. The Kier molecular flexibility index (Phi) is 8.75. The standard InChI is InChI=1S/C31H48O14/c1-14-12-31-11-7-15-29(3,16(31)6-10-28(14,2)13-31)8-5-9-30(15,4)27(37)43-24-20(35)22(21(36)26(42-24)45-39)40-23-18(33)17(32)19(34)25(41-23)44-38/h15-26,32-36,38-39H,1,5-13H2,2-4H3/t15-,16-,17+,18+,19-,20+,21-,22+,23-,24-,25+,26+,28+,29+,30+,31+/m0/s1. The van der Waals surface area contributed by atoms with Crippen molar-refractivity contribution in [2.24, 2.45) is 33.5 Å². The summed E-state index contributed by atoms with van der Waals surface area (Å²) in [5.74, 6) is -0.136. The van der Waals surface area contributed by atoms with Gasteiger partial charge in [0.15, 0.2) is 6.29 Å². The van der Waals surface area contributed by atoms with E-state index in [0.29, 0.717) is 12.3 Å². The number of hydrogen-bond acceptors (Lipinski definition) is 14. The molecule has 16 atom stereocenters. The first-order valence-corrected chi connectivity index (χ1v) is 16.0. The molecule has 0 radical (unpaired) electrons. The molecule has 1 spiro atoms. The maximum absolute atomic E-state index is 14.1. The van der Waals surface area contributed by atoms with Crippen LogP contribution in [0.15, 0.2) is 12.2 Å². The molecule has 2 saturated heterocycles. The van der Waals surface area contributed by atoms with Crippen LogP contribution in [-0.2, 0) is 33.5 Å². The third-order valence-corrected chi connectivity index (χ3v) is 12.8. The Labute approximate surface area is 261 Å². The number of ether oxygens (including phenoxy) is 4. The van der Waals surface area contributed by atoms with E-state index in [1.807, 2.05) is 6.92 Å².